The lowest BCUT2D eigenvalue weighted by molar-refractivity contribution is -0.147. The highest BCUT2D eigenvalue weighted by Crippen LogP contribution is 2.26. The molecule has 0 aliphatic heterocycles. The zero-order valence-corrected chi connectivity index (χ0v) is 23.0. The number of hydrogen-bond donors (Lipinski definition) is 2. The van der Waals surface area contributed by atoms with Crippen LogP contribution in [0.3, 0.4) is 0 Å². The van der Waals surface area contributed by atoms with E-state index in [0.717, 1.165) is 26.9 Å². The molecule has 0 saturated carbocycles. The van der Waals surface area contributed by atoms with Gasteiger partial charge in [-0.15, -0.1) is 0 Å². The van der Waals surface area contributed by atoms with Gasteiger partial charge in [-0.1, -0.05) is 22.0 Å². The highest BCUT2D eigenvalue weighted by molar-refractivity contribution is 9.10. The molecule has 0 aliphatic rings. The predicted octanol–water partition coefficient (Wildman–Crippen LogP) is 6.77. The summed E-state index contributed by atoms with van der Waals surface area (Å²) in [6.07, 6.45) is 0.505. The molecule has 2 N–H and O–H groups in total. The van der Waals surface area contributed by atoms with Crippen LogP contribution < -0.4 is 15.4 Å². The molecule has 0 spiro atoms. The first-order chi connectivity index (χ1) is 17.6. The number of carbonyl (C=O) groups is 3. The molecule has 8 heteroatoms. The van der Waals surface area contributed by atoms with Crippen LogP contribution in [0, 0.1) is 27.7 Å². The lowest BCUT2D eigenvalue weighted by Gasteiger charge is -2.12. The van der Waals surface area contributed by atoms with Crippen molar-refractivity contribution in [1.82, 2.24) is 0 Å². The lowest BCUT2D eigenvalue weighted by Crippen LogP contribution is -2.21. The average Bonchev–Trinajstić information content (AvgIpc) is 2.86. The molecule has 0 fully saturated rings. The number of benzene rings is 3. The van der Waals surface area contributed by atoms with Crippen molar-refractivity contribution in [3.8, 4) is 11.5 Å². The van der Waals surface area contributed by atoms with Crippen molar-refractivity contribution in [2.45, 2.75) is 47.0 Å². The average molecular weight is 567 g/mol. The molecule has 0 atom stereocenters. The van der Waals surface area contributed by atoms with E-state index < -0.39 is 11.9 Å². The van der Waals surface area contributed by atoms with Gasteiger partial charge in [0.05, 0.1) is 0 Å². The molecule has 0 saturated heterocycles. The van der Waals surface area contributed by atoms with E-state index in [1.165, 1.54) is 5.56 Å². The van der Waals surface area contributed by atoms with Crippen LogP contribution in [0.5, 0.6) is 11.5 Å². The summed E-state index contributed by atoms with van der Waals surface area (Å²) in [6.45, 7) is 7.55. The Balaban J connectivity index is 1.35. The van der Waals surface area contributed by atoms with Gasteiger partial charge in [-0.3, -0.25) is 14.4 Å². The molecule has 7 nitrogen and oxygen atoms in total. The zero-order chi connectivity index (χ0) is 26.9. The van der Waals surface area contributed by atoms with Crippen molar-refractivity contribution in [3.05, 3.63) is 81.3 Å². The van der Waals surface area contributed by atoms with E-state index in [9.17, 15) is 14.4 Å². The monoisotopic (exact) mass is 566 g/mol. The van der Waals surface area contributed by atoms with Crippen LogP contribution in [0.1, 0.15) is 41.5 Å². The molecule has 0 aliphatic carbocycles. The van der Waals surface area contributed by atoms with E-state index in [4.69, 9.17) is 9.47 Å². The Morgan fingerprint density at radius 2 is 1.46 bits per heavy atom. The summed E-state index contributed by atoms with van der Waals surface area (Å²) in [5, 5.41) is 5.55. The topological polar surface area (TPSA) is 93.7 Å². The fraction of sp³-hybridized carbons (Fsp3) is 0.276. The Labute approximate surface area is 225 Å². The third-order valence-corrected chi connectivity index (χ3v) is 6.86. The minimum absolute atomic E-state index is 0.0415. The van der Waals surface area contributed by atoms with Crippen molar-refractivity contribution >= 4 is 45.1 Å². The van der Waals surface area contributed by atoms with Crippen molar-refractivity contribution in [2.24, 2.45) is 0 Å². The minimum Gasteiger partial charge on any atom is -0.457 e. The van der Waals surface area contributed by atoms with Crippen LogP contribution in [0.25, 0.3) is 0 Å². The second-order valence-corrected chi connectivity index (χ2v) is 9.68. The molecule has 194 valence electrons. The fourth-order valence-electron chi connectivity index (χ4n) is 3.46. The molecular weight excluding hydrogens is 536 g/mol. The molecule has 0 bridgehead atoms. The quantitative estimate of drug-likeness (QED) is 0.264. The molecule has 0 unspecified atom stereocenters. The Morgan fingerprint density at radius 1 is 0.757 bits per heavy atom. The molecule has 2 amide bonds. The number of amides is 2. The van der Waals surface area contributed by atoms with E-state index in [2.05, 4.69) is 26.6 Å². The van der Waals surface area contributed by atoms with Crippen LogP contribution in [0.15, 0.2) is 59.1 Å². The Morgan fingerprint density at radius 3 is 2.16 bits per heavy atom. The number of aryl methyl sites for hydroxylation is 2. The van der Waals surface area contributed by atoms with Crippen LogP contribution in [0.2, 0.25) is 0 Å². The number of rotatable bonds is 10. The lowest BCUT2D eigenvalue weighted by atomic mass is 10.1. The fourth-order valence-corrected chi connectivity index (χ4v) is 3.89. The van der Waals surface area contributed by atoms with Gasteiger partial charge in [0, 0.05) is 28.7 Å². The summed E-state index contributed by atoms with van der Waals surface area (Å²) in [6, 6.07) is 16.6. The number of anilines is 2. The van der Waals surface area contributed by atoms with Gasteiger partial charge in [0.15, 0.2) is 6.61 Å². The number of hydrogen-bond acceptors (Lipinski definition) is 5. The third-order valence-electron chi connectivity index (χ3n) is 6.00. The van der Waals surface area contributed by atoms with Gasteiger partial charge in [-0.05, 0) is 105 Å². The Hall–Kier alpha value is -3.65. The third kappa shape index (κ3) is 8.46. The molecule has 0 heterocycles. The maximum Gasteiger partial charge on any atom is 0.306 e. The normalized spacial score (nSPS) is 10.5. The highest BCUT2D eigenvalue weighted by atomic mass is 79.9. The largest absolute Gasteiger partial charge is 0.457 e. The second kappa shape index (κ2) is 13.1. The zero-order valence-electron chi connectivity index (χ0n) is 21.4. The van der Waals surface area contributed by atoms with Gasteiger partial charge in [0.25, 0.3) is 5.91 Å². The van der Waals surface area contributed by atoms with Gasteiger partial charge in [0.1, 0.15) is 11.5 Å². The standard InChI is InChI=1S/C29H31BrN2O5/c1-18-8-11-24(16-19(18)2)37-23-12-9-22(10-13-23)31-27(33)6-5-7-29(35)36-17-28(34)32-26-15-14-25(30)20(3)21(26)4/h8-16H,5-7,17H2,1-4H3,(H,31,33)(H,32,34). The maximum absolute atomic E-state index is 12.2. The highest BCUT2D eigenvalue weighted by Gasteiger charge is 2.12. The summed E-state index contributed by atoms with van der Waals surface area (Å²) in [5.74, 6) is 0.260. The van der Waals surface area contributed by atoms with E-state index in [0.29, 0.717) is 23.5 Å². The molecular formula is C29H31BrN2O5. The van der Waals surface area contributed by atoms with Gasteiger partial charge >= 0.3 is 5.97 Å². The van der Waals surface area contributed by atoms with Crippen LogP contribution in [-0.4, -0.2) is 24.4 Å². The Bertz CT molecular complexity index is 1290. The van der Waals surface area contributed by atoms with Crippen molar-refractivity contribution in [2.75, 3.05) is 17.2 Å². The predicted molar refractivity (Wildman–Crippen MR) is 148 cm³/mol. The summed E-state index contributed by atoms with van der Waals surface area (Å²) >= 11 is 3.45. The SMILES string of the molecule is Cc1ccc(Oc2ccc(NC(=O)CCCC(=O)OCC(=O)Nc3ccc(Br)c(C)c3C)cc2)cc1C. The van der Waals surface area contributed by atoms with E-state index in [1.807, 2.05) is 52.0 Å². The van der Waals surface area contributed by atoms with Crippen LogP contribution >= 0.6 is 15.9 Å². The first-order valence-electron chi connectivity index (χ1n) is 12.0. The summed E-state index contributed by atoms with van der Waals surface area (Å²) in [5.41, 5.74) is 5.61. The van der Waals surface area contributed by atoms with E-state index in [1.54, 1.807) is 30.3 Å². The number of nitrogens with one attached hydrogen (secondary N) is 2. The van der Waals surface area contributed by atoms with Crippen LogP contribution in [-0.2, 0) is 19.1 Å². The molecule has 0 aromatic heterocycles. The maximum atomic E-state index is 12.2. The number of esters is 1. The molecule has 3 aromatic rings. The number of halogens is 1. The summed E-state index contributed by atoms with van der Waals surface area (Å²) in [7, 11) is 0. The van der Waals surface area contributed by atoms with Gasteiger partial charge < -0.3 is 20.1 Å². The van der Waals surface area contributed by atoms with Crippen molar-refractivity contribution in [1.29, 1.82) is 0 Å². The molecule has 37 heavy (non-hydrogen) atoms. The van der Waals surface area contributed by atoms with E-state index >= 15 is 0 Å². The van der Waals surface area contributed by atoms with Gasteiger partial charge in [0.2, 0.25) is 5.91 Å². The van der Waals surface area contributed by atoms with E-state index in [-0.39, 0.29) is 25.4 Å². The first-order valence-corrected chi connectivity index (χ1v) is 12.8. The van der Waals surface area contributed by atoms with Crippen LogP contribution in [0.4, 0.5) is 11.4 Å². The summed E-state index contributed by atoms with van der Waals surface area (Å²) < 4.78 is 11.9. The molecule has 3 aromatic carbocycles. The Kier molecular flexibility index (Phi) is 9.85. The van der Waals surface area contributed by atoms with Gasteiger partial charge in [-0.25, -0.2) is 0 Å². The van der Waals surface area contributed by atoms with Crippen molar-refractivity contribution < 1.29 is 23.9 Å². The molecule has 0 radical (unpaired) electrons. The van der Waals surface area contributed by atoms with Crippen molar-refractivity contribution in [3.63, 3.8) is 0 Å². The summed E-state index contributed by atoms with van der Waals surface area (Å²) in [4.78, 5) is 36.3. The smallest absolute Gasteiger partial charge is 0.306 e. The first kappa shape index (κ1) is 27.9. The number of ether oxygens (including phenoxy) is 2. The van der Waals surface area contributed by atoms with Gasteiger partial charge in [-0.2, -0.15) is 0 Å². The second-order valence-electron chi connectivity index (χ2n) is 8.83. The number of carbonyl (C=O) groups excluding carboxylic acids is 3. The molecule has 3 rings (SSSR count). The minimum atomic E-state index is -0.528.